The molecule has 0 aromatic heterocycles. The fourth-order valence-electron chi connectivity index (χ4n) is 2.53. The van der Waals surface area contributed by atoms with Gasteiger partial charge in [-0.3, -0.25) is 9.59 Å². The zero-order valence-electron chi connectivity index (χ0n) is 15.9. The second-order valence-electron chi connectivity index (χ2n) is 6.02. The molecule has 0 bridgehead atoms. The number of ether oxygens (including phenoxy) is 2. The van der Waals surface area contributed by atoms with E-state index in [0.717, 1.165) is 5.56 Å². The Labute approximate surface area is 174 Å². The van der Waals surface area contributed by atoms with Crippen LogP contribution in [0.2, 0.25) is 10.0 Å². The van der Waals surface area contributed by atoms with Gasteiger partial charge in [-0.1, -0.05) is 29.3 Å². The van der Waals surface area contributed by atoms with E-state index < -0.39 is 6.04 Å². The molecule has 2 aromatic rings. The summed E-state index contributed by atoms with van der Waals surface area (Å²) in [5.41, 5.74) is 0.753. The molecule has 1 atom stereocenters. The van der Waals surface area contributed by atoms with Gasteiger partial charge in [0.25, 0.3) is 5.91 Å². The number of hydrogen-bond acceptors (Lipinski definition) is 4. The molecule has 6 nitrogen and oxygen atoms in total. The quantitative estimate of drug-likeness (QED) is 0.703. The second kappa shape index (κ2) is 10.2. The summed E-state index contributed by atoms with van der Waals surface area (Å²) in [6.07, 6.45) is 0. The van der Waals surface area contributed by atoms with E-state index in [1.165, 1.54) is 11.9 Å². The maximum atomic E-state index is 12.8. The van der Waals surface area contributed by atoms with E-state index in [1.54, 1.807) is 56.5 Å². The van der Waals surface area contributed by atoms with E-state index in [-0.39, 0.29) is 25.0 Å². The number of likely N-dealkylation sites (N-methyl/N-ethyl adjacent to an activating group) is 1. The Hall–Kier alpha value is -2.44. The number of benzene rings is 2. The van der Waals surface area contributed by atoms with Gasteiger partial charge in [0.05, 0.1) is 17.2 Å². The molecular formula is C20H22Cl2N2O4. The molecular weight excluding hydrogens is 403 g/mol. The van der Waals surface area contributed by atoms with Crippen molar-refractivity contribution in [1.82, 2.24) is 10.2 Å². The summed E-state index contributed by atoms with van der Waals surface area (Å²) in [6.45, 7) is 1.63. The van der Waals surface area contributed by atoms with Crippen LogP contribution < -0.4 is 14.8 Å². The minimum Gasteiger partial charge on any atom is -0.497 e. The van der Waals surface area contributed by atoms with Crippen LogP contribution in [0.4, 0.5) is 0 Å². The lowest BCUT2D eigenvalue weighted by molar-refractivity contribution is -0.142. The van der Waals surface area contributed by atoms with Crippen LogP contribution in [-0.4, -0.2) is 43.5 Å². The third-order valence-corrected chi connectivity index (χ3v) is 4.91. The van der Waals surface area contributed by atoms with E-state index in [1.807, 2.05) is 0 Å². The highest BCUT2D eigenvalue weighted by atomic mass is 35.5. The van der Waals surface area contributed by atoms with E-state index in [9.17, 15) is 9.59 Å². The maximum absolute atomic E-state index is 12.8. The van der Waals surface area contributed by atoms with Gasteiger partial charge in [0.2, 0.25) is 5.91 Å². The van der Waals surface area contributed by atoms with Crippen molar-refractivity contribution in [2.45, 2.75) is 19.5 Å². The van der Waals surface area contributed by atoms with Crippen LogP contribution in [0.3, 0.4) is 0 Å². The van der Waals surface area contributed by atoms with Crippen molar-refractivity contribution < 1.29 is 19.1 Å². The van der Waals surface area contributed by atoms with E-state index in [0.29, 0.717) is 21.5 Å². The van der Waals surface area contributed by atoms with Gasteiger partial charge in [0.1, 0.15) is 17.5 Å². The minimum absolute atomic E-state index is 0.191. The normalized spacial score (nSPS) is 11.5. The van der Waals surface area contributed by atoms with Crippen LogP contribution in [0.1, 0.15) is 12.5 Å². The highest BCUT2D eigenvalue weighted by molar-refractivity contribution is 6.42. The number of carbonyl (C=O) groups excluding carboxylic acids is 2. The number of rotatable bonds is 8. The van der Waals surface area contributed by atoms with Gasteiger partial charge in [-0.2, -0.15) is 0 Å². The monoisotopic (exact) mass is 424 g/mol. The molecule has 0 aliphatic carbocycles. The second-order valence-corrected chi connectivity index (χ2v) is 6.84. The number of amides is 2. The molecule has 2 rings (SSSR count). The van der Waals surface area contributed by atoms with Crippen molar-refractivity contribution in [3.63, 3.8) is 0 Å². The predicted molar refractivity (Wildman–Crippen MR) is 109 cm³/mol. The predicted octanol–water partition coefficient (Wildman–Crippen LogP) is 3.54. The number of halogens is 2. The largest absolute Gasteiger partial charge is 0.497 e. The van der Waals surface area contributed by atoms with Crippen LogP contribution in [0.5, 0.6) is 11.5 Å². The Bertz CT molecular complexity index is 827. The molecule has 8 heteroatoms. The van der Waals surface area contributed by atoms with Crippen molar-refractivity contribution in [1.29, 1.82) is 0 Å². The smallest absolute Gasteiger partial charge is 0.261 e. The molecule has 0 fully saturated rings. The minimum atomic E-state index is -0.688. The summed E-state index contributed by atoms with van der Waals surface area (Å²) in [6, 6.07) is 11.3. The lowest BCUT2D eigenvalue weighted by atomic mass is 10.1. The van der Waals surface area contributed by atoms with E-state index >= 15 is 0 Å². The van der Waals surface area contributed by atoms with Gasteiger partial charge in [-0.25, -0.2) is 0 Å². The van der Waals surface area contributed by atoms with Crippen LogP contribution in [-0.2, 0) is 16.1 Å². The van der Waals surface area contributed by atoms with E-state index in [4.69, 9.17) is 32.7 Å². The Morgan fingerprint density at radius 2 is 1.71 bits per heavy atom. The summed E-state index contributed by atoms with van der Waals surface area (Å²) in [7, 11) is 3.09. The SMILES string of the molecule is CNC(=O)[C@@H](C)N(Cc1ccc(Cl)c(Cl)c1)C(=O)COc1ccc(OC)cc1. The summed E-state index contributed by atoms with van der Waals surface area (Å²) >= 11 is 12.0. The van der Waals surface area contributed by atoms with Gasteiger partial charge >= 0.3 is 0 Å². The molecule has 0 saturated carbocycles. The molecule has 1 N–H and O–H groups in total. The highest BCUT2D eigenvalue weighted by Crippen LogP contribution is 2.24. The Kier molecular flexibility index (Phi) is 7.96. The van der Waals surface area contributed by atoms with Crippen LogP contribution >= 0.6 is 23.2 Å². The van der Waals surface area contributed by atoms with Crippen molar-refractivity contribution in [3.8, 4) is 11.5 Å². The molecule has 0 aliphatic heterocycles. The van der Waals surface area contributed by atoms with Crippen LogP contribution in [0.25, 0.3) is 0 Å². The van der Waals surface area contributed by atoms with Crippen LogP contribution in [0, 0.1) is 0 Å². The molecule has 0 aliphatic rings. The molecule has 2 amide bonds. The highest BCUT2D eigenvalue weighted by Gasteiger charge is 2.26. The summed E-state index contributed by atoms with van der Waals surface area (Å²) in [5, 5.41) is 3.36. The Morgan fingerprint density at radius 1 is 1.07 bits per heavy atom. The molecule has 0 unspecified atom stereocenters. The third kappa shape index (κ3) is 5.78. The van der Waals surface area contributed by atoms with Gasteiger partial charge in [0.15, 0.2) is 6.61 Å². The first-order valence-electron chi connectivity index (χ1n) is 8.57. The molecule has 0 spiro atoms. The van der Waals surface area contributed by atoms with Crippen molar-refractivity contribution in [3.05, 3.63) is 58.1 Å². The molecule has 2 aromatic carbocycles. The number of methoxy groups -OCH3 is 1. The molecule has 0 saturated heterocycles. The standard InChI is InChI=1S/C20H22Cl2N2O4/c1-13(20(26)23-2)24(11-14-4-9-17(21)18(22)10-14)19(25)12-28-16-7-5-15(27-3)6-8-16/h4-10,13H,11-12H2,1-3H3,(H,23,26)/t13-/m1/s1. The fraction of sp³-hybridized carbons (Fsp3) is 0.300. The number of hydrogen-bond donors (Lipinski definition) is 1. The molecule has 0 radical (unpaired) electrons. The van der Waals surface area contributed by atoms with Crippen LogP contribution in [0.15, 0.2) is 42.5 Å². The average Bonchev–Trinajstić information content (AvgIpc) is 2.72. The molecule has 28 heavy (non-hydrogen) atoms. The van der Waals surface area contributed by atoms with Gasteiger partial charge in [-0.05, 0) is 48.9 Å². The average molecular weight is 425 g/mol. The van der Waals surface area contributed by atoms with Crippen molar-refractivity contribution in [2.75, 3.05) is 20.8 Å². The zero-order chi connectivity index (χ0) is 20.7. The lowest BCUT2D eigenvalue weighted by Gasteiger charge is -2.28. The number of nitrogens with zero attached hydrogens (tertiary/aromatic N) is 1. The van der Waals surface area contributed by atoms with E-state index in [2.05, 4.69) is 5.32 Å². The van der Waals surface area contributed by atoms with Gasteiger partial charge in [-0.15, -0.1) is 0 Å². The Morgan fingerprint density at radius 3 is 2.29 bits per heavy atom. The summed E-state index contributed by atoms with van der Waals surface area (Å²) in [4.78, 5) is 26.3. The number of carbonyl (C=O) groups is 2. The summed E-state index contributed by atoms with van der Waals surface area (Å²) in [5.74, 6) is 0.597. The molecule has 0 heterocycles. The first kappa shape index (κ1) is 21.9. The topological polar surface area (TPSA) is 67.9 Å². The first-order chi connectivity index (χ1) is 13.3. The maximum Gasteiger partial charge on any atom is 0.261 e. The molecule has 150 valence electrons. The van der Waals surface area contributed by atoms with Gasteiger partial charge in [0, 0.05) is 13.6 Å². The number of nitrogens with one attached hydrogen (secondary N) is 1. The lowest BCUT2D eigenvalue weighted by Crippen LogP contribution is -2.48. The summed E-state index contributed by atoms with van der Waals surface area (Å²) < 4.78 is 10.7. The fourth-order valence-corrected chi connectivity index (χ4v) is 2.85. The third-order valence-electron chi connectivity index (χ3n) is 4.17. The van der Waals surface area contributed by atoms with Crippen molar-refractivity contribution >= 4 is 35.0 Å². The van der Waals surface area contributed by atoms with Gasteiger partial charge < -0.3 is 19.7 Å². The Balaban J connectivity index is 2.13. The first-order valence-corrected chi connectivity index (χ1v) is 9.33. The van der Waals surface area contributed by atoms with Crippen molar-refractivity contribution in [2.24, 2.45) is 0 Å². The zero-order valence-corrected chi connectivity index (χ0v) is 17.4.